The van der Waals surface area contributed by atoms with Gasteiger partial charge in [-0.3, -0.25) is 0 Å². The summed E-state index contributed by atoms with van der Waals surface area (Å²) in [6, 6.07) is 12.2. The van der Waals surface area contributed by atoms with Crippen LogP contribution in [-0.4, -0.2) is 52.8 Å². The van der Waals surface area contributed by atoms with E-state index in [1.54, 1.807) is 31.2 Å². The van der Waals surface area contributed by atoms with E-state index < -0.39 is 22.0 Å². The van der Waals surface area contributed by atoms with E-state index in [2.05, 4.69) is 26.0 Å². The Morgan fingerprint density at radius 1 is 1.10 bits per heavy atom. The first-order valence-corrected chi connectivity index (χ1v) is 13.0. The fourth-order valence-electron chi connectivity index (χ4n) is 3.57. The van der Waals surface area contributed by atoms with Crippen molar-refractivity contribution in [2.24, 2.45) is 0 Å². The van der Waals surface area contributed by atoms with Gasteiger partial charge < -0.3 is 0 Å². The van der Waals surface area contributed by atoms with Gasteiger partial charge >= 0.3 is 180 Å². The molecular weight excluding hydrogens is 453 g/mol. The molecule has 0 saturated carbocycles. The fraction of sp³-hybridized carbons (Fsp3) is 0.409. The molecule has 29 heavy (non-hydrogen) atoms. The van der Waals surface area contributed by atoms with E-state index in [4.69, 9.17) is 4.74 Å². The van der Waals surface area contributed by atoms with Gasteiger partial charge in [0, 0.05) is 0 Å². The van der Waals surface area contributed by atoms with Gasteiger partial charge in [0.15, 0.2) is 0 Å². The summed E-state index contributed by atoms with van der Waals surface area (Å²) in [4.78, 5) is 12.9. The molecule has 1 aliphatic heterocycles. The van der Waals surface area contributed by atoms with E-state index in [0.717, 1.165) is 5.56 Å². The van der Waals surface area contributed by atoms with E-state index in [0.29, 0.717) is 13.0 Å². The molecule has 0 aliphatic carbocycles. The van der Waals surface area contributed by atoms with Crippen molar-refractivity contribution < 1.29 is 17.9 Å². The topological polar surface area (TPSA) is 63.7 Å². The molecule has 7 heteroatoms. The van der Waals surface area contributed by atoms with Crippen LogP contribution in [0.2, 0.25) is 4.82 Å². The maximum absolute atomic E-state index is 13.3. The number of rotatable bonds is 6. The Morgan fingerprint density at radius 2 is 1.72 bits per heavy atom. The van der Waals surface area contributed by atoms with Gasteiger partial charge in [-0.1, -0.05) is 0 Å². The minimum absolute atomic E-state index is 0.0672. The first-order valence-electron chi connectivity index (χ1n) is 9.72. The van der Waals surface area contributed by atoms with E-state index in [-0.39, 0.29) is 31.3 Å². The first-order chi connectivity index (χ1) is 13.7. The molecule has 0 spiro atoms. The predicted octanol–water partition coefficient (Wildman–Crippen LogP) is 2.76. The molecule has 1 saturated heterocycles. The molecule has 1 heterocycles. The van der Waals surface area contributed by atoms with Gasteiger partial charge in [0.05, 0.1) is 0 Å². The summed E-state index contributed by atoms with van der Waals surface area (Å²) in [6.07, 6.45) is 0.498. The SMILES string of the molecule is CCOC(=O)[C@H]1C[C@@H]([Se]c2c(C)cccc2C)CN1S(=O)(=O)c1ccc(C)cc1. The molecule has 0 bridgehead atoms. The summed E-state index contributed by atoms with van der Waals surface area (Å²) in [6.45, 7) is 8.40. The summed E-state index contributed by atoms with van der Waals surface area (Å²) >= 11 is 0.0672. The number of benzene rings is 2. The summed E-state index contributed by atoms with van der Waals surface area (Å²) in [7, 11) is -3.77. The Kier molecular flexibility index (Phi) is 6.84. The Bertz CT molecular complexity index is 968. The minimum atomic E-state index is -3.77. The van der Waals surface area contributed by atoms with Crippen LogP contribution in [0, 0.1) is 20.8 Å². The third kappa shape index (κ3) is 4.75. The summed E-state index contributed by atoms with van der Waals surface area (Å²) in [5, 5.41) is 0. The molecule has 2 aromatic rings. The molecule has 2 atom stereocenters. The summed E-state index contributed by atoms with van der Waals surface area (Å²) in [5.74, 6) is -0.456. The van der Waals surface area contributed by atoms with Crippen LogP contribution in [0.25, 0.3) is 0 Å². The molecule has 1 fully saturated rings. The Morgan fingerprint density at radius 3 is 2.31 bits per heavy atom. The van der Waals surface area contributed by atoms with Crippen LogP contribution in [0.5, 0.6) is 0 Å². The number of ether oxygens (including phenoxy) is 1. The molecule has 0 amide bonds. The van der Waals surface area contributed by atoms with Crippen LogP contribution < -0.4 is 4.46 Å². The quantitative estimate of drug-likeness (QED) is 0.471. The number of nitrogens with zero attached hydrogens (tertiary/aromatic N) is 1. The number of carbonyl (C=O) groups is 1. The second-order valence-electron chi connectivity index (χ2n) is 7.35. The van der Waals surface area contributed by atoms with Crippen molar-refractivity contribution >= 4 is 35.4 Å². The molecule has 0 unspecified atom stereocenters. The molecule has 156 valence electrons. The molecule has 0 N–H and O–H groups in total. The molecule has 5 nitrogen and oxygen atoms in total. The molecule has 2 aromatic carbocycles. The summed E-state index contributed by atoms with van der Waals surface area (Å²) < 4.78 is 34.5. The van der Waals surface area contributed by atoms with Gasteiger partial charge in [0.1, 0.15) is 0 Å². The van der Waals surface area contributed by atoms with Crippen LogP contribution >= 0.6 is 0 Å². The number of hydrogen-bond donors (Lipinski definition) is 0. The van der Waals surface area contributed by atoms with Crippen molar-refractivity contribution in [3.63, 3.8) is 0 Å². The number of aryl methyl sites for hydroxylation is 3. The Labute approximate surface area is 179 Å². The first kappa shape index (κ1) is 22.0. The summed E-state index contributed by atoms with van der Waals surface area (Å²) in [5.41, 5.74) is 3.43. The van der Waals surface area contributed by atoms with Gasteiger partial charge in [0.25, 0.3) is 0 Å². The Hall–Kier alpha value is -1.66. The maximum atomic E-state index is 13.3. The second kappa shape index (κ2) is 9.00. The third-order valence-corrected chi connectivity index (χ3v) is 10.2. The van der Waals surface area contributed by atoms with Crippen molar-refractivity contribution in [3.05, 3.63) is 59.2 Å². The Balaban J connectivity index is 1.91. The van der Waals surface area contributed by atoms with Gasteiger partial charge in [0.2, 0.25) is 0 Å². The van der Waals surface area contributed by atoms with Crippen LogP contribution in [-0.2, 0) is 19.6 Å². The van der Waals surface area contributed by atoms with E-state index in [1.165, 1.54) is 19.9 Å². The normalized spacial score (nSPS) is 20.0. The van der Waals surface area contributed by atoms with Crippen LogP contribution in [0.15, 0.2) is 47.4 Å². The van der Waals surface area contributed by atoms with Crippen molar-refractivity contribution in [1.82, 2.24) is 4.31 Å². The van der Waals surface area contributed by atoms with Gasteiger partial charge in [-0.15, -0.1) is 0 Å². The van der Waals surface area contributed by atoms with E-state index in [1.807, 2.05) is 13.0 Å². The van der Waals surface area contributed by atoms with Crippen molar-refractivity contribution in [2.75, 3.05) is 13.2 Å². The van der Waals surface area contributed by atoms with Crippen LogP contribution in [0.3, 0.4) is 0 Å². The predicted molar refractivity (Wildman–Crippen MR) is 115 cm³/mol. The standard InChI is InChI=1S/C22H27NO4SSe/c1-5-27-22(24)20-13-19(29-21-16(3)7-6-8-17(21)4)14-23(20)28(25,26)18-11-9-15(2)10-12-18/h6-12,19-20H,5,13-14H2,1-4H3/t19-,20-/m1/s1. The molecule has 1 aliphatic rings. The van der Waals surface area contributed by atoms with Crippen molar-refractivity contribution in [2.45, 2.75) is 49.9 Å². The second-order valence-corrected chi connectivity index (χ2v) is 12.0. The number of sulfonamides is 1. The van der Waals surface area contributed by atoms with E-state index in [9.17, 15) is 13.2 Å². The monoisotopic (exact) mass is 481 g/mol. The fourth-order valence-corrected chi connectivity index (χ4v) is 8.26. The number of esters is 1. The van der Waals surface area contributed by atoms with Crippen LogP contribution in [0.1, 0.15) is 30.0 Å². The molecular formula is C22H27NO4SSe. The van der Waals surface area contributed by atoms with Gasteiger partial charge in [-0.05, 0) is 0 Å². The average molecular weight is 480 g/mol. The van der Waals surface area contributed by atoms with Crippen LogP contribution in [0.4, 0.5) is 0 Å². The van der Waals surface area contributed by atoms with Crippen molar-refractivity contribution in [3.8, 4) is 0 Å². The molecule has 0 radical (unpaired) electrons. The van der Waals surface area contributed by atoms with Gasteiger partial charge in [-0.25, -0.2) is 0 Å². The zero-order chi connectivity index (χ0) is 21.2. The third-order valence-electron chi connectivity index (χ3n) is 5.10. The molecule has 3 rings (SSSR count). The zero-order valence-electron chi connectivity index (χ0n) is 17.2. The van der Waals surface area contributed by atoms with Crippen molar-refractivity contribution in [1.29, 1.82) is 0 Å². The average Bonchev–Trinajstić information content (AvgIpc) is 3.10. The van der Waals surface area contributed by atoms with E-state index >= 15 is 0 Å². The van der Waals surface area contributed by atoms with Gasteiger partial charge in [-0.2, -0.15) is 0 Å². The molecule has 0 aromatic heterocycles. The number of hydrogen-bond acceptors (Lipinski definition) is 4. The number of carbonyl (C=O) groups excluding carboxylic acids is 1. The zero-order valence-corrected chi connectivity index (χ0v) is 19.7.